The van der Waals surface area contributed by atoms with Gasteiger partial charge in [0, 0.05) is 0 Å². The molecule has 1 fully saturated rings. The second-order valence-corrected chi connectivity index (χ2v) is 8.97. The molecule has 1 unspecified atom stereocenters. The Morgan fingerprint density at radius 1 is 0.912 bits per heavy atom. The summed E-state index contributed by atoms with van der Waals surface area (Å²) in [7, 11) is 0. The summed E-state index contributed by atoms with van der Waals surface area (Å²) in [5.41, 5.74) is 2.84. The molecule has 0 saturated carbocycles. The van der Waals surface area contributed by atoms with Gasteiger partial charge in [-0.15, -0.1) is 6.58 Å². The number of ether oxygens (including phenoxy) is 3. The monoisotopic (exact) mass is 456 g/mol. The molecule has 1 N–H and O–H groups in total. The first kappa shape index (κ1) is 24.1. The van der Waals surface area contributed by atoms with Crippen LogP contribution < -0.4 is 0 Å². The number of rotatable bonds is 9. The maximum Gasteiger partial charge on any atom is 0.164 e. The third-order valence-electron chi connectivity index (χ3n) is 6.12. The van der Waals surface area contributed by atoms with Crippen molar-refractivity contribution in [1.29, 1.82) is 0 Å². The third kappa shape index (κ3) is 4.77. The Morgan fingerprint density at radius 2 is 1.35 bits per heavy atom. The summed E-state index contributed by atoms with van der Waals surface area (Å²) in [5, 5.41) is 10.5. The van der Waals surface area contributed by atoms with Crippen molar-refractivity contribution in [2.45, 2.75) is 43.5 Å². The number of hydrogen-bond donors (Lipinski definition) is 1. The maximum absolute atomic E-state index is 10.5. The number of aliphatic hydroxyl groups excluding tert-OH is 1. The average Bonchev–Trinajstić information content (AvgIpc) is 3.21. The Labute approximate surface area is 202 Å². The van der Waals surface area contributed by atoms with Gasteiger partial charge in [0.1, 0.15) is 23.9 Å². The van der Waals surface area contributed by atoms with Gasteiger partial charge in [-0.25, -0.2) is 0 Å². The highest BCUT2D eigenvalue weighted by Gasteiger charge is 2.46. The average molecular weight is 457 g/mol. The van der Waals surface area contributed by atoms with Gasteiger partial charge in [0.2, 0.25) is 0 Å². The van der Waals surface area contributed by atoms with Crippen LogP contribution in [0.2, 0.25) is 0 Å². The molecule has 3 atom stereocenters. The zero-order chi connectivity index (χ0) is 24.2. The van der Waals surface area contributed by atoms with Crippen LogP contribution >= 0.6 is 0 Å². The second-order valence-electron chi connectivity index (χ2n) is 8.97. The minimum absolute atomic E-state index is 0.198. The van der Waals surface area contributed by atoms with Gasteiger partial charge in [-0.05, 0) is 36.1 Å². The van der Waals surface area contributed by atoms with Crippen LogP contribution in [0.5, 0.6) is 0 Å². The first-order chi connectivity index (χ1) is 16.4. The lowest BCUT2D eigenvalue weighted by Crippen LogP contribution is -2.38. The van der Waals surface area contributed by atoms with E-state index < -0.39 is 29.7 Å². The third-order valence-corrected chi connectivity index (χ3v) is 6.12. The van der Waals surface area contributed by atoms with Crippen LogP contribution in [-0.4, -0.2) is 35.8 Å². The fraction of sp³-hybridized carbons (Fsp3) is 0.267. The molecule has 0 bridgehead atoms. The summed E-state index contributed by atoms with van der Waals surface area (Å²) in [6.07, 6.45) is -0.574. The molecule has 1 heterocycles. The zero-order valence-corrected chi connectivity index (χ0v) is 19.8. The van der Waals surface area contributed by atoms with E-state index in [0.29, 0.717) is 5.57 Å². The van der Waals surface area contributed by atoms with Crippen molar-refractivity contribution in [2.24, 2.45) is 0 Å². The molecule has 0 spiro atoms. The minimum atomic E-state index is -0.884. The fourth-order valence-corrected chi connectivity index (χ4v) is 4.54. The van der Waals surface area contributed by atoms with E-state index in [9.17, 15) is 5.11 Å². The van der Waals surface area contributed by atoms with Crippen LogP contribution in [0.4, 0.5) is 0 Å². The number of hydrogen-bond acceptors (Lipinski definition) is 4. The van der Waals surface area contributed by atoms with Crippen LogP contribution in [0.1, 0.15) is 30.5 Å². The number of benzene rings is 3. The van der Waals surface area contributed by atoms with Crippen LogP contribution in [0, 0.1) is 0 Å². The van der Waals surface area contributed by atoms with E-state index in [-0.39, 0.29) is 6.61 Å². The molecule has 1 saturated heterocycles. The highest BCUT2D eigenvalue weighted by atomic mass is 16.8. The summed E-state index contributed by atoms with van der Waals surface area (Å²) < 4.78 is 18.9. The Morgan fingerprint density at radius 3 is 1.76 bits per heavy atom. The lowest BCUT2D eigenvalue weighted by Gasteiger charge is -2.36. The Balaban J connectivity index is 1.74. The Bertz CT molecular complexity index is 996. The van der Waals surface area contributed by atoms with Crippen molar-refractivity contribution >= 4 is 0 Å². The summed E-state index contributed by atoms with van der Waals surface area (Å²) in [6.45, 7) is 11.8. The van der Waals surface area contributed by atoms with Gasteiger partial charge in [0.05, 0.1) is 6.61 Å². The van der Waals surface area contributed by atoms with E-state index in [0.717, 1.165) is 16.7 Å². The Hall–Kier alpha value is -3.02. The van der Waals surface area contributed by atoms with Gasteiger partial charge in [-0.1, -0.05) is 104 Å². The van der Waals surface area contributed by atoms with E-state index in [1.807, 2.05) is 68.4 Å². The lowest BCUT2D eigenvalue weighted by atomic mass is 9.80. The molecule has 1 aliphatic rings. The minimum Gasteiger partial charge on any atom is -0.386 e. The van der Waals surface area contributed by atoms with Crippen molar-refractivity contribution in [3.05, 3.63) is 132 Å². The zero-order valence-electron chi connectivity index (χ0n) is 19.8. The molecule has 4 rings (SSSR count). The quantitative estimate of drug-likeness (QED) is 0.335. The van der Waals surface area contributed by atoms with Crippen LogP contribution in [-0.2, 0) is 19.8 Å². The Kier molecular flexibility index (Phi) is 7.15. The number of aliphatic hydroxyl groups is 1. The predicted octanol–water partition coefficient (Wildman–Crippen LogP) is 5.62. The van der Waals surface area contributed by atoms with Crippen molar-refractivity contribution in [3.8, 4) is 0 Å². The second kappa shape index (κ2) is 10.1. The lowest BCUT2D eigenvalue weighted by molar-refractivity contribution is -0.151. The predicted molar refractivity (Wildman–Crippen MR) is 134 cm³/mol. The van der Waals surface area contributed by atoms with Crippen molar-refractivity contribution in [2.75, 3.05) is 6.61 Å². The van der Waals surface area contributed by atoms with Crippen molar-refractivity contribution in [1.82, 2.24) is 0 Å². The fourth-order valence-electron chi connectivity index (χ4n) is 4.54. The van der Waals surface area contributed by atoms with Gasteiger partial charge in [0.15, 0.2) is 5.79 Å². The normalized spacial score (nSPS) is 20.6. The molecule has 4 nitrogen and oxygen atoms in total. The van der Waals surface area contributed by atoms with Gasteiger partial charge < -0.3 is 19.3 Å². The molecule has 4 heteroatoms. The standard InChI is InChI=1S/C30H32O4/c1-5-26(31)28-27(33-29(3,4)34-28)22(2)21-32-30(23-15-9-6-10-16-23,24-17-11-7-12-18-24)25-19-13-8-14-20-25/h5-20,26-28,31H,1-2,21H2,3-4H3/t26?,27-,28+/m1/s1. The highest BCUT2D eigenvalue weighted by molar-refractivity contribution is 5.47. The topological polar surface area (TPSA) is 47.9 Å². The van der Waals surface area contributed by atoms with E-state index in [1.54, 1.807) is 0 Å². The van der Waals surface area contributed by atoms with E-state index in [4.69, 9.17) is 14.2 Å². The largest absolute Gasteiger partial charge is 0.386 e. The molecule has 0 amide bonds. The van der Waals surface area contributed by atoms with Crippen LogP contribution in [0.25, 0.3) is 0 Å². The van der Waals surface area contributed by atoms with Gasteiger partial charge in [0.25, 0.3) is 0 Å². The van der Waals surface area contributed by atoms with Gasteiger partial charge in [-0.2, -0.15) is 0 Å². The van der Waals surface area contributed by atoms with Crippen molar-refractivity contribution in [3.63, 3.8) is 0 Å². The molecule has 0 aromatic heterocycles. The van der Waals surface area contributed by atoms with Gasteiger partial charge >= 0.3 is 0 Å². The molecule has 34 heavy (non-hydrogen) atoms. The van der Waals surface area contributed by atoms with E-state index in [2.05, 4.69) is 49.6 Å². The molecule has 3 aromatic rings. The molecular formula is C30H32O4. The molecular weight excluding hydrogens is 424 g/mol. The molecule has 3 aromatic carbocycles. The summed E-state index contributed by atoms with van der Waals surface area (Å²) in [6, 6.07) is 30.5. The van der Waals surface area contributed by atoms with Gasteiger partial charge in [-0.3, -0.25) is 0 Å². The summed E-state index contributed by atoms with van der Waals surface area (Å²) in [4.78, 5) is 0. The van der Waals surface area contributed by atoms with Crippen LogP contribution in [0.15, 0.2) is 116 Å². The van der Waals surface area contributed by atoms with E-state index >= 15 is 0 Å². The summed E-state index contributed by atoms with van der Waals surface area (Å²) >= 11 is 0. The SMILES string of the molecule is C=CC(O)[C@@H]1OC(C)(C)O[C@@H]1C(=C)COC(c1ccccc1)(c1ccccc1)c1ccccc1. The smallest absolute Gasteiger partial charge is 0.164 e. The maximum atomic E-state index is 10.5. The molecule has 1 aliphatic heterocycles. The first-order valence-electron chi connectivity index (χ1n) is 11.5. The van der Waals surface area contributed by atoms with Crippen molar-refractivity contribution < 1.29 is 19.3 Å². The highest BCUT2D eigenvalue weighted by Crippen LogP contribution is 2.41. The molecule has 176 valence electrons. The van der Waals surface area contributed by atoms with E-state index in [1.165, 1.54) is 6.08 Å². The summed E-state index contributed by atoms with van der Waals surface area (Å²) in [5.74, 6) is -0.850. The molecule has 0 radical (unpaired) electrons. The molecule has 0 aliphatic carbocycles. The van der Waals surface area contributed by atoms with Crippen LogP contribution in [0.3, 0.4) is 0 Å². The first-order valence-corrected chi connectivity index (χ1v) is 11.5.